The van der Waals surface area contributed by atoms with Crippen LogP contribution in [0.3, 0.4) is 0 Å². The number of carbonyl (C=O) groups excluding carboxylic acids is 5. The molecule has 0 radical (unpaired) electrons. The van der Waals surface area contributed by atoms with Crippen molar-refractivity contribution in [2.75, 3.05) is 27.9 Å². The molecular formula is C50H76N4O12. The van der Waals surface area contributed by atoms with Gasteiger partial charge in [-0.3, -0.25) is 19.2 Å². The van der Waals surface area contributed by atoms with Gasteiger partial charge in [-0.25, -0.2) is 4.79 Å². The Balaban J connectivity index is 1.69. The highest BCUT2D eigenvalue weighted by molar-refractivity contribution is 6.39. The Hall–Kier alpha value is -4.02. The van der Waals surface area contributed by atoms with E-state index in [2.05, 4.69) is 10.0 Å². The van der Waals surface area contributed by atoms with Crippen LogP contribution >= 0.6 is 0 Å². The fourth-order valence-electron chi connectivity index (χ4n) is 9.97. The van der Waals surface area contributed by atoms with E-state index >= 15 is 0 Å². The molecule has 4 rings (SSSR count). The van der Waals surface area contributed by atoms with Crippen LogP contribution in [0, 0.1) is 29.6 Å². The summed E-state index contributed by atoms with van der Waals surface area (Å²) in [6.45, 7) is 10.7. The van der Waals surface area contributed by atoms with Crippen molar-refractivity contribution < 1.29 is 57.9 Å². The summed E-state index contributed by atoms with van der Waals surface area (Å²) >= 11 is 0. The zero-order valence-corrected chi connectivity index (χ0v) is 40.6. The van der Waals surface area contributed by atoms with E-state index in [0.29, 0.717) is 69.8 Å². The Labute approximate surface area is 391 Å². The molecule has 3 heterocycles. The van der Waals surface area contributed by atoms with Crippen LogP contribution in [-0.4, -0.2) is 127 Å². The molecule has 2 bridgehead atoms. The molecule has 1 saturated carbocycles. The number of amides is 1. The van der Waals surface area contributed by atoms with E-state index in [0.717, 1.165) is 12.0 Å². The lowest BCUT2D eigenvalue weighted by molar-refractivity contribution is -0.265. The topological polar surface area (TPSA) is 224 Å². The molecule has 2 saturated heterocycles. The van der Waals surface area contributed by atoms with Crippen molar-refractivity contribution in [3.8, 4) is 0 Å². The number of esters is 1. The molecule has 0 aromatic rings. The van der Waals surface area contributed by atoms with Crippen molar-refractivity contribution in [3.63, 3.8) is 0 Å². The molecule has 3 fully saturated rings. The van der Waals surface area contributed by atoms with Gasteiger partial charge in [0, 0.05) is 63.4 Å². The first-order chi connectivity index (χ1) is 31.4. The molecule has 4 aliphatic rings. The molecule has 0 aromatic carbocycles. The summed E-state index contributed by atoms with van der Waals surface area (Å²) in [5, 5.41) is 27.2. The van der Waals surface area contributed by atoms with Crippen LogP contribution in [-0.2, 0) is 47.7 Å². The number of piperidine rings is 1. The number of carbonyl (C=O) groups is 5. The lowest BCUT2D eigenvalue weighted by Gasteiger charge is -2.42. The molecule has 0 aromatic heterocycles. The SMILES string of the molecule is CO[C@H]1C[C@@H]2CC[C@@H](C)[C@@](O)(O2)C(=O)C(=O)N2CCCC[C@H]2C(=O)O[C@H]([C@H](C)C[C@@H]2CCC(N=[N+]=[N-])[C@H](OC)C2)CC(=O)[C@H](C)/C=C(\C)[C@@H](O)[C@@H](OC)C(=O)[C@H](C)CC/C=C/C=CC=C1C. The number of allylic oxidation sites excluding steroid dienone is 6. The van der Waals surface area contributed by atoms with Gasteiger partial charge in [-0.15, -0.1) is 0 Å². The number of fused-ring (bicyclic) bond motifs is 3. The summed E-state index contributed by atoms with van der Waals surface area (Å²) in [6, 6.07) is -1.46. The number of ketones is 3. The third kappa shape index (κ3) is 14.3. The summed E-state index contributed by atoms with van der Waals surface area (Å²) in [5.41, 5.74) is 10.4. The summed E-state index contributed by atoms with van der Waals surface area (Å²) in [6.07, 6.45) is 12.3. The molecule has 66 heavy (non-hydrogen) atoms. The van der Waals surface area contributed by atoms with Gasteiger partial charge in [0.25, 0.3) is 11.7 Å². The van der Waals surface area contributed by atoms with E-state index < -0.39 is 77.8 Å². The highest BCUT2D eigenvalue weighted by Gasteiger charge is 2.53. The van der Waals surface area contributed by atoms with E-state index in [-0.39, 0.29) is 54.9 Å². The molecule has 14 atom stereocenters. The van der Waals surface area contributed by atoms with Gasteiger partial charge in [0.15, 0.2) is 5.78 Å². The number of methoxy groups -OCH3 is 3. The number of rotatable bonds is 7. The van der Waals surface area contributed by atoms with Crippen molar-refractivity contribution in [2.45, 2.75) is 180 Å². The van der Waals surface area contributed by atoms with Crippen molar-refractivity contribution in [2.24, 2.45) is 34.7 Å². The first-order valence-corrected chi connectivity index (χ1v) is 23.9. The summed E-state index contributed by atoms with van der Waals surface area (Å²) < 4.78 is 29.5. The molecule has 1 unspecified atom stereocenters. The van der Waals surface area contributed by atoms with Crippen molar-refractivity contribution in [1.82, 2.24) is 4.90 Å². The van der Waals surface area contributed by atoms with Gasteiger partial charge in [0.1, 0.15) is 30.1 Å². The maximum absolute atomic E-state index is 14.4. The first kappa shape index (κ1) is 54.6. The van der Waals surface area contributed by atoms with Crippen molar-refractivity contribution in [3.05, 3.63) is 58.0 Å². The lowest BCUT2D eigenvalue weighted by Crippen LogP contribution is -2.61. The molecule has 3 aliphatic heterocycles. The highest BCUT2D eigenvalue weighted by Crippen LogP contribution is 2.38. The third-order valence-electron chi connectivity index (χ3n) is 14.4. The van der Waals surface area contributed by atoms with Crippen LogP contribution in [0.1, 0.15) is 125 Å². The zero-order valence-electron chi connectivity index (χ0n) is 40.6. The van der Waals surface area contributed by atoms with E-state index in [1.807, 2.05) is 44.2 Å². The van der Waals surface area contributed by atoms with Gasteiger partial charge in [0.05, 0.1) is 24.4 Å². The summed E-state index contributed by atoms with van der Waals surface area (Å²) in [5.74, 6) is -8.06. The molecule has 1 amide bonds. The van der Waals surface area contributed by atoms with Crippen LogP contribution in [0.4, 0.5) is 0 Å². The Kier molecular flexibility index (Phi) is 21.4. The molecule has 1 aliphatic carbocycles. The molecule has 0 spiro atoms. The number of nitrogens with zero attached hydrogens (tertiary/aromatic N) is 4. The zero-order chi connectivity index (χ0) is 48.7. The standard InChI is InChI=1S/C50H76N4O12/c1-30-17-13-11-10-12-14-18-31(2)44(56)46(64-9)45(57)34(5)25-32(3)40(55)29-42(33(4)26-36-21-23-38(52-53-51)43(27-36)63-8)65-49(60)39-19-15-16-24-54(39)48(59)47(58)50(61)35(6)20-22-37(66-50)28-41(30)62-7/h10-13,17,25,31-33,35-39,41-43,45-46,57,61H,14-16,18-24,26-29H2,1-9H3/b12-10+,13-11?,30-17?,34-25+/t31-,32-,33-,35-,36+,37+,38?,39+,41+,42+,43-,45-,46+,50-/m1/s1. The third-order valence-corrected chi connectivity index (χ3v) is 14.4. The number of ether oxygens (including phenoxy) is 5. The minimum atomic E-state index is -2.43. The largest absolute Gasteiger partial charge is 0.460 e. The molecule has 2 N–H and O–H groups in total. The molecule has 16 heteroatoms. The Morgan fingerprint density at radius 1 is 0.924 bits per heavy atom. The average Bonchev–Trinajstić information content (AvgIpc) is 3.30. The number of hydrogen-bond donors (Lipinski definition) is 2. The van der Waals surface area contributed by atoms with Crippen LogP contribution in [0.15, 0.2) is 52.7 Å². The number of Topliss-reactive ketones (excluding diaryl/α,β-unsaturated/α-hetero) is 3. The highest BCUT2D eigenvalue weighted by atomic mass is 16.6. The average molecular weight is 925 g/mol. The second-order valence-corrected chi connectivity index (χ2v) is 19.2. The van der Waals surface area contributed by atoms with Gasteiger partial charge in [-0.1, -0.05) is 69.3 Å². The van der Waals surface area contributed by atoms with Gasteiger partial charge < -0.3 is 38.8 Å². The predicted molar refractivity (Wildman–Crippen MR) is 248 cm³/mol. The molecule has 368 valence electrons. The van der Waals surface area contributed by atoms with E-state index in [9.17, 15) is 34.2 Å². The second kappa shape index (κ2) is 25.9. The lowest BCUT2D eigenvalue weighted by atomic mass is 9.78. The van der Waals surface area contributed by atoms with E-state index in [4.69, 9.17) is 29.2 Å². The number of azide groups is 1. The van der Waals surface area contributed by atoms with Crippen LogP contribution in [0.5, 0.6) is 0 Å². The number of aliphatic hydroxyl groups excluding tert-OH is 1. The van der Waals surface area contributed by atoms with Gasteiger partial charge in [-0.05, 0) is 113 Å². The number of cyclic esters (lactones) is 1. The maximum atomic E-state index is 14.4. The van der Waals surface area contributed by atoms with E-state index in [1.165, 1.54) is 12.0 Å². The van der Waals surface area contributed by atoms with Gasteiger partial charge >= 0.3 is 5.97 Å². The van der Waals surface area contributed by atoms with Crippen LogP contribution < -0.4 is 0 Å². The summed E-state index contributed by atoms with van der Waals surface area (Å²) in [7, 11) is 4.52. The minimum Gasteiger partial charge on any atom is -0.460 e. The first-order valence-electron chi connectivity index (χ1n) is 23.9. The number of aliphatic hydroxyl groups is 2. The Morgan fingerprint density at radius 2 is 1.67 bits per heavy atom. The fourth-order valence-corrected chi connectivity index (χ4v) is 9.97. The normalized spacial score (nSPS) is 37.4. The second-order valence-electron chi connectivity index (χ2n) is 19.2. The van der Waals surface area contributed by atoms with Crippen molar-refractivity contribution >= 4 is 29.2 Å². The predicted octanol–water partition coefficient (Wildman–Crippen LogP) is 7.25. The van der Waals surface area contributed by atoms with E-state index in [1.54, 1.807) is 48.0 Å². The summed E-state index contributed by atoms with van der Waals surface area (Å²) in [4.78, 5) is 74.7. The van der Waals surface area contributed by atoms with Crippen molar-refractivity contribution in [1.29, 1.82) is 0 Å². The molecule has 16 nitrogen and oxygen atoms in total. The smallest absolute Gasteiger partial charge is 0.329 e. The quantitative estimate of drug-likeness (QED) is 0.0643. The van der Waals surface area contributed by atoms with Crippen LogP contribution in [0.2, 0.25) is 0 Å². The Morgan fingerprint density at radius 3 is 2.35 bits per heavy atom. The minimum absolute atomic E-state index is 0.0792. The number of hydrogen-bond acceptors (Lipinski definition) is 13. The van der Waals surface area contributed by atoms with Gasteiger partial charge in [0.2, 0.25) is 5.79 Å². The Bertz CT molecular complexity index is 1860. The fraction of sp³-hybridized carbons (Fsp3) is 0.740. The van der Waals surface area contributed by atoms with Crippen LogP contribution in [0.25, 0.3) is 10.4 Å². The maximum Gasteiger partial charge on any atom is 0.329 e. The van der Waals surface area contributed by atoms with Gasteiger partial charge in [-0.2, -0.15) is 0 Å². The molecular weight excluding hydrogens is 849 g/mol. The monoisotopic (exact) mass is 925 g/mol.